The van der Waals surface area contributed by atoms with Crippen LogP contribution in [0.1, 0.15) is 26.2 Å². The molecule has 1 aromatic carbocycles. The molecule has 3 unspecified atom stereocenters. The van der Waals surface area contributed by atoms with Crippen LogP contribution in [0.2, 0.25) is 5.02 Å². The van der Waals surface area contributed by atoms with E-state index in [0.717, 1.165) is 6.42 Å². The van der Waals surface area contributed by atoms with Gasteiger partial charge in [0.05, 0.1) is 16.6 Å². The van der Waals surface area contributed by atoms with E-state index in [1.165, 1.54) is 6.08 Å². The van der Waals surface area contributed by atoms with Gasteiger partial charge in [0.1, 0.15) is 12.6 Å². The van der Waals surface area contributed by atoms with Crippen molar-refractivity contribution in [1.82, 2.24) is 4.90 Å². The molecule has 1 N–H and O–H groups in total. The van der Waals surface area contributed by atoms with Crippen LogP contribution >= 0.6 is 23.4 Å². The molecular weight excluding hydrogens is 500 g/mol. The normalized spacial score (nSPS) is 30.2. The van der Waals surface area contributed by atoms with Crippen molar-refractivity contribution in [3.63, 3.8) is 0 Å². The minimum atomic E-state index is -0.744. The minimum absolute atomic E-state index is 0.00626. The van der Waals surface area contributed by atoms with Crippen molar-refractivity contribution >= 4 is 46.8 Å². The van der Waals surface area contributed by atoms with E-state index in [1.54, 1.807) is 51.9 Å². The van der Waals surface area contributed by atoms with Crippen LogP contribution in [-0.4, -0.2) is 70.1 Å². The van der Waals surface area contributed by atoms with Gasteiger partial charge in [-0.1, -0.05) is 37.3 Å². The molecule has 3 aliphatic heterocycles. The maximum Gasteiger partial charge on any atom is 0.311 e. The standard InChI is InChI=1S/C27H33ClN2O5S/c1-4-12-29(19-10-8-18(28)9-11-19)25(33)23-27-17(3)16-20(36-27)21(26(34)35-15-5-2)22(27)24(32)30(23)13-6-7-14-31/h4-5,8-11,17,20-23,31H,1-2,6-7,12-16H2,3H3/t17?,20-,21+,22+,23?,27?/m1/s1. The lowest BCUT2D eigenvalue weighted by atomic mass is 9.66. The van der Waals surface area contributed by atoms with E-state index in [4.69, 9.17) is 16.3 Å². The highest BCUT2D eigenvalue weighted by Gasteiger charge is 2.76. The molecule has 0 radical (unpaired) electrons. The summed E-state index contributed by atoms with van der Waals surface area (Å²) in [6.07, 6.45) is 4.99. The maximum absolute atomic E-state index is 14.4. The lowest BCUT2D eigenvalue weighted by Gasteiger charge is -2.40. The van der Waals surface area contributed by atoms with Crippen LogP contribution in [0, 0.1) is 17.8 Å². The number of amides is 2. The van der Waals surface area contributed by atoms with Crippen molar-refractivity contribution in [3.05, 3.63) is 54.6 Å². The Morgan fingerprint density at radius 1 is 1.28 bits per heavy atom. The Hall–Kier alpha value is -2.29. The topological polar surface area (TPSA) is 87.1 Å². The third kappa shape index (κ3) is 4.37. The molecule has 1 aromatic rings. The van der Waals surface area contributed by atoms with Crippen molar-refractivity contribution < 1.29 is 24.2 Å². The predicted octanol–water partition coefficient (Wildman–Crippen LogP) is 3.70. The average molecular weight is 533 g/mol. The number of ether oxygens (including phenoxy) is 1. The molecule has 4 rings (SSSR count). The summed E-state index contributed by atoms with van der Waals surface area (Å²) in [6.45, 7) is 10.2. The zero-order chi connectivity index (χ0) is 26.0. The van der Waals surface area contributed by atoms with Crippen molar-refractivity contribution in [2.75, 3.05) is 31.2 Å². The number of likely N-dealkylation sites (tertiary alicyclic amines) is 1. The zero-order valence-corrected chi connectivity index (χ0v) is 22.0. The number of rotatable bonds is 11. The number of anilines is 1. The van der Waals surface area contributed by atoms with Crippen LogP contribution in [0.25, 0.3) is 0 Å². The van der Waals surface area contributed by atoms with Gasteiger partial charge < -0.3 is 19.6 Å². The summed E-state index contributed by atoms with van der Waals surface area (Å²) >= 11 is 7.70. The van der Waals surface area contributed by atoms with Gasteiger partial charge in [0.2, 0.25) is 5.91 Å². The Bertz CT molecular complexity index is 1030. The molecule has 3 aliphatic rings. The highest BCUT2D eigenvalue weighted by molar-refractivity contribution is 8.02. The predicted molar refractivity (Wildman–Crippen MR) is 142 cm³/mol. The number of unbranched alkanes of at least 4 members (excludes halogenated alkanes) is 1. The van der Waals surface area contributed by atoms with Crippen molar-refractivity contribution in [2.45, 2.75) is 42.2 Å². The van der Waals surface area contributed by atoms with Gasteiger partial charge in [0.15, 0.2) is 0 Å². The fourth-order valence-corrected chi connectivity index (χ4v) is 8.69. The van der Waals surface area contributed by atoms with E-state index in [1.807, 2.05) is 0 Å². The number of esters is 1. The molecule has 3 fully saturated rings. The van der Waals surface area contributed by atoms with Gasteiger partial charge >= 0.3 is 5.97 Å². The average Bonchev–Trinajstić information content (AvgIpc) is 3.45. The molecule has 0 saturated carbocycles. The van der Waals surface area contributed by atoms with Crippen LogP contribution in [0.5, 0.6) is 0 Å². The van der Waals surface area contributed by atoms with Gasteiger partial charge in [-0.25, -0.2) is 0 Å². The molecule has 3 heterocycles. The third-order valence-electron chi connectivity index (χ3n) is 7.62. The van der Waals surface area contributed by atoms with Crippen LogP contribution in [-0.2, 0) is 19.1 Å². The van der Waals surface area contributed by atoms with E-state index < -0.39 is 28.6 Å². The summed E-state index contributed by atoms with van der Waals surface area (Å²) in [5.74, 6) is -1.95. The first-order valence-electron chi connectivity index (χ1n) is 12.4. The van der Waals surface area contributed by atoms with Crippen LogP contribution in [0.15, 0.2) is 49.6 Å². The van der Waals surface area contributed by atoms with E-state index >= 15 is 0 Å². The second-order valence-electron chi connectivity index (χ2n) is 9.65. The molecule has 9 heteroatoms. The molecule has 3 saturated heterocycles. The molecule has 0 aromatic heterocycles. The molecule has 1 spiro atoms. The third-order valence-corrected chi connectivity index (χ3v) is 9.95. The van der Waals surface area contributed by atoms with Crippen molar-refractivity contribution in [3.8, 4) is 0 Å². The number of nitrogens with zero attached hydrogens (tertiary/aromatic N) is 2. The number of aliphatic hydroxyl groups is 1. The number of fused-ring (bicyclic) bond motifs is 1. The van der Waals surface area contributed by atoms with Gasteiger partial charge in [-0.15, -0.1) is 18.3 Å². The molecule has 0 aliphatic carbocycles. The number of thioether (sulfide) groups is 1. The van der Waals surface area contributed by atoms with Crippen LogP contribution in [0.3, 0.4) is 0 Å². The van der Waals surface area contributed by atoms with Gasteiger partial charge in [-0.05, 0) is 49.4 Å². The Labute approximate surface area is 221 Å². The monoisotopic (exact) mass is 532 g/mol. The molecule has 7 nitrogen and oxygen atoms in total. The molecule has 2 amide bonds. The molecule has 6 atom stereocenters. The smallest absolute Gasteiger partial charge is 0.311 e. The lowest BCUT2D eigenvalue weighted by Crippen LogP contribution is -2.57. The van der Waals surface area contributed by atoms with Crippen molar-refractivity contribution in [1.29, 1.82) is 0 Å². The second kappa shape index (κ2) is 11.0. The first-order valence-corrected chi connectivity index (χ1v) is 13.6. The van der Waals surface area contributed by atoms with Crippen LogP contribution in [0.4, 0.5) is 5.69 Å². The number of carbonyl (C=O) groups excluding carboxylic acids is 3. The van der Waals surface area contributed by atoms with Crippen molar-refractivity contribution in [2.24, 2.45) is 17.8 Å². The molecular formula is C27H33ClN2O5S. The fraction of sp³-hybridized carbons (Fsp3) is 0.519. The lowest BCUT2D eigenvalue weighted by molar-refractivity contribution is -0.153. The Morgan fingerprint density at radius 2 is 2.00 bits per heavy atom. The zero-order valence-electron chi connectivity index (χ0n) is 20.5. The van der Waals surface area contributed by atoms with E-state index in [9.17, 15) is 19.5 Å². The number of benzene rings is 1. The van der Waals surface area contributed by atoms with Crippen LogP contribution < -0.4 is 4.90 Å². The molecule has 194 valence electrons. The van der Waals surface area contributed by atoms with Gasteiger partial charge in [0, 0.05) is 35.7 Å². The summed E-state index contributed by atoms with van der Waals surface area (Å²) in [6, 6.07) is 6.27. The fourth-order valence-electron chi connectivity index (χ4n) is 6.16. The first-order chi connectivity index (χ1) is 17.3. The minimum Gasteiger partial charge on any atom is -0.461 e. The largest absolute Gasteiger partial charge is 0.461 e. The number of hydrogen-bond donors (Lipinski definition) is 1. The van der Waals surface area contributed by atoms with E-state index in [-0.39, 0.29) is 42.7 Å². The summed E-state index contributed by atoms with van der Waals surface area (Å²) in [7, 11) is 0. The highest BCUT2D eigenvalue weighted by Crippen LogP contribution is 2.68. The summed E-state index contributed by atoms with van der Waals surface area (Å²) in [5.41, 5.74) is 0.666. The molecule has 36 heavy (non-hydrogen) atoms. The maximum atomic E-state index is 14.4. The summed E-state index contributed by atoms with van der Waals surface area (Å²) in [4.78, 5) is 44.8. The van der Waals surface area contributed by atoms with E-state index in [2.05, 4.69) is 20.1 Å². The first kappa shape index (κ1) is 26.8. The quantitative estimate of drug-likeness (QED) is 0.266. The molecule has 2 bridgehead atoms. The highest BCUT2D eigenvalue weighted by atomic mass is 35.5. The van der Waals surface area contributed by atoms with Gasteiger partial charge in [-0.3, -0.25) is 14.4 Å². The Kier molecular flexibility index (Phi) is 8.17. The number of halogens is 1. The number of hydrogen-bond acceptors (Lipinski definition) is 6. The summed E-state index contributed by atoms with van der Waals surface area (Å²) in [5, 5.41) is 9.82. The Balaban J connectivity index is 1.77. The summed E-state index contributed by atoms with van der Waals surface area (Å²) < 4.78 is 4.68. The second-order valence-corrected chi connectivity index (χ2v) is 11.6. The van der Waals surface area contributed by atoms with E-state index in [0.29, 0.717) is 30.1 Å². The number of aliphatic hydroxyl groups excluding tert-OH is 1. The Morgan fingerprint density at radius 3 is 2.64 bits per heavy atom. The van der Waals surface area contributed by atoms with Gasteiger partial charge in [-0.2, -0.15) is 0 Å². The number of carbonyl (C=O) groups is 3. The van der Waals surface area contributed by atoms with Gasteiger partial charge in [0.25, 0.3) is 5.91 Å². The SMILES string of the molecule is C=CCOC(=O)[C@@H]1[C@H]2C(=O)N(CCCCO)C(C(=O)N(CC=C)c3ccc(Cl)cc3)C23S[C@@H]1CC3C.